The number of fused-ring (bicyclic) bond motifs is 1. The monoisotopic (exact) mass is 387 g/mol. The largest absolute Gasteiger partial charge is 0.493 e. The number of hydrogen-bond acceptors (Lipinski definition) is 4. The lowest BCUT2D eigenvalue weighted by atomic mass is 9.91. The van der Waals surface area contributed by atoms with Gasteiger partial charge in [-0.15, -0.1) is 0 Å². The Kier molecular flexibility index (Phi) is 4.52. The zero-order chi connectivity index (χ0) is 19.2. The van der Waals surface area contributed by atoms with E-state index in [9.17, 15) is 9.90 Å². The molecule has 2 aromatic rings. The van der Waals surface area contributed by atoms with E-state index in [0.29, 0.717) is 41.6 Å². The van der Waals surface area contributed by atoms with Gasteiger partial charge in [-0.2, -0.15) is 0 Å². The Labute approximate surface area is 163 Å². The number of β-amino-alcohol motifs (C(OH)–C–C–N with tert-alkyl or cyclic N) is 1. The van der Waals surface area contributed by atoms with Gasteiger partial charge in [0.1, 0.15) is 5.60 Å². The standard InChI is InChI=1S/C21H22ClNO4/c1-21(9-13-3-5-16(22)6-4-13)10-15-7-14(8-18(26-2)19(15)27-21)20(25)23-11-17(24)12-23/h3-8,17,24H,9-12H2,1-2H3. The Morgan fingerprint density at radius 2 is 2.04 bits per heavy atom. The third-order valence-electron chi connectivity index (χ3n) is 5.15. The van der Waals surface area contributed by atoms with Gasteiger partial charge in [0.05, 0.1) is 13.2 Å². The van der Waals surface area contributed by atoms with E-state index in [0.717, 1.165) is 17.5 Å². The topological polar surface area (TPSA) is 59.0 Å². The molecule has 0 aliphatic carbocycles. The smallest absolute Gasteiger partial charge is 0.254 e. The number of rotatable bonds is 4. The first-order chi connectivity index (χ1) is 12.9. The molecule has 4 rings (SSSR count). The maximum absolute atomic E-state index is 12.6. The number of ether oxygens (including phenoxy) is 2. The summed E-state index contributed by atoms with van der Waals surface area (Å²) in [6.45, 7) is 2.82. The van der Waals surface area contributed by atoms with E-state index >= 15 is 0 Å². The average molecular weight is 388 g/mol. The Balaban J connectivity index is 1.58. The quantitative estimate of drug-likeness (QED) is 0.875. The van der Waals surface area contributed by atoms with Crippen molar-refractivity contribution in [1.82, 2.24) is 4.90 Å². The molecule has 1 saturated heterocycles. The normalized spacial score (nSPS) is 21.4. The molecule has 1 amide bonds. The molecule has 6 heteroatoms. The van der Waals surface area contributed by atoms with Crippen LogP contribution in [-0.2, 0) is 12.8 Å². The van der Waals surface area contributed by atoms with Crippen LogP contribution in [0, 0.1) is 0 Å². The van der Waals surface area contributed by atoms with Crippen LogP contribution in [0.3, 0.4) is 0 Å². The van der Waals surface area contributed by atoms with Crippen molar-refractivity contribution in [2.24, 2.45) is 0 Å². The first-order valence-electron chi connectivity index (χ1n) is 8.98. The van der Waals surface area contributed by atoms with Gasteiger partial charge >= 0.3 is 0 Å². The van der Waals surface area contributed by atoms with Crippen molar-refractivity contribution >= 4 is 17.5 Å². The first-order valence-corrected chi connectivity index (χ1v) is 9.36. The number of amides is 1. The van der Waals surface area contributed by atoms with Gasteiger partial charge in [-0.1, -0.05) is 23.7 Å². The number of benzene rings is 2. The lowest BCUT2D eigenvalue weighted by molar-refractivity contribution is 0.00587. The summed E-state index contributed by atoms with van der Waals surface area (Å²) in [6, 6.07) is 11.4. The molecule has 2 heterocycles. The predicted molar refractivity (Wildman–Crippen MR) is 103 cm³/mol. The van der Waals surface area contributed by atoms with Gasteiger partial charge < -0.3 is 19.5 Å². The molecule has 5 nitrogen and oxygen atoms in total. The summed E-state index contributed by atoms with van der Waals surface area (Å²) in [5.41, 5.74) is 2.25. The SMILES string of the molecule is COc1cc(C(=O)N2CC(O)C2)cc2c1OC(C)(Cc1ccc(Cl)cc1)C2. The Morgan fingerprint density at radius 1 is 1.33 bits per heavy atom. The van der Waals surface area contributed by atoms with Gasteiger partial charge in [-0.25, -0.2) is 0 Å². The van der Waals surface area contributed by atoms with Crippen LogP contribution in [-0.4, -0.2) is 47.8 Å². The number of likely N-dealkylation sites (tertiary alicyclic amines) is 1. The summed E-state index contributed by atoms with van der Waals surface area (Å²) in [5, 5.41) is 10.2. The molecule has 1 unspecified atom stereocenters. The molecule has 2 aliphatic rings. The van der Waals surface area contributed by atoms with Crippen LogP contribution < -0.4 is 9.47 Å². The molecule has 27 heavy (non-hydrogen) atoms. The van der Waals surface area contributed by atoms with Gasteiger partial charge in [-0.3, -0.25) is 4.79 Å². The Hall–Kier alpha value is -2.24. The molecule has 0 bridgehead atoms. The molecule has 142 valence electrons. The van der Waals surface area contributed by atoms with Gasteiger partial charge in [0, 0.05) is 42.1 Å². The highest BCUT2D eigenvalue weighted by Gasteiger charge is 2.38. The molecule has 0 radical (unpaired) electrons. The molecule has 0 aromatic heterocycles. The highest BCUT2D eigenvalue weighted by molar-refractivity contribution is 6.30. The number of halogens is 1. The predicted octanol–water partition coefficient (Wildman–Crippen LogP) is 3.10. The second-order valence-corrected chi connectivity index (χ2v) is 8.00. The number of hydrogen-bond donors (Lipinski definition) is 1. The average Bonchev–Trinajstić information content (AvgIpc) is 2.95. The van der Waals surface area contributed by atoms with Gasteiger partial charge in [0.15, 0.2) is 11.5 Å². The minimum atomic E-state index is -0.420. The van der Waals surface area contributed by atoms with E-state index < -0.39 is 11.7 Å². The van der Waals surface area contributed by atoms with E-state index in [2.05, 4.69) is 6.92 Å². The van der Waals surface area contributed by atoms with Crippen molar-refractivity contribution in [3.63, 3.8) is 0 Å². The molecular weight excluding hydrogens is 366 g/mol. The molecule has 0 saturated carbocycles. The molecule has 1 fully saturated rings. The number of aliphatic hydroxyl groups is 1. The van der Waals surface area contributed by atoms with Crippen LogP contribution in [0.1, 0.15) is 28.4 Å². The van der Waals surface area contributed by atoms with Gasteiger partial charge in [-0.05, 0) is 36.8 Å². The number of carbonyl (C=O) groups is 1. The summed E-state index contributed by atoms with van der Waals surface area (Å²) >= 11 is 5.97. The Bertz CT molecular complexity index is 876. The summed E-state index contributed by atoms with van der Waals surface area (Å²) in [5.74, 6) is 1.18. The number of carbonyl (C=O) groups excluding carboxylic acids is 1. The van der Waals surface area contributed by atoms with E-state index in [1.165, 1.54) is 0 Å². The van der Waals surface area contributed by atoms with Crippen LogP contribution in [0.5, 0.6) is 11.5 Å². The van der Waals surface area contributed by atoms with Crippen molar-refractivity contribution in [2.45, 2.75) is 31.5 Å². The highest BCUT2D eigenvalue weighted by atomic mass is 35.5. The second-order valence-electron chi connectivity index (χ2n) is 7.56. The Morgan fingerprint density at radius 3 is 2.67 bits per heavy atom. The molecule has 2 aromatic carbocycles. The summed E-state index contributed by atoms with van der Waals surface area (Å²) in [7, 11) is 1.58. The van der Waals surface area contributed by atoms with Crippen LogP contribution >= 0.6 is 11.6 Å². The molecule has 1 N–H and O–H groups in total. The van der Waals surface area contributed by atoms with E-state index in [1.54, 1.807) is 18.1 Å². The third-order valence-corrected chi connectivity index (χ3v) is 5.40. The highest BCUT2D eigenvalue weighted by Crippen LogP contribution is 2.44. The van der Waals surface area contributed by atoms with Crippen LogP contribution in [0.2, 0.25) is 5.02 Å². The summed E-state index contributed by atoms with van der Waals surface area (Å²) in [4.78, 5) is 14.3. The zero-order valence-electron chi connectivity index (χ0n) is 15.4. The number of aliphatic hydroxyl groups excluding tert-OH is 1. The van der Waals surface area contributed by atoms with Crippen molar-refractivity contribution in [3.8, 4) is 11.5 Å². The van der Waals surface area contributed by atoms with E-state index in [1.807, 2.05) is 30.3 Å². The van der Waals surface area contributed by atoms with Crippen LogP contribution in [0.4, 0.5) is 0 Å². The van der Waals surface area contributed by atoms with Crippen molar-refractivity contribution in [2.75, 3.05) is 20.2 Å². The lowest BCUT2D eigenvalue weighted by Crippen LogP contribution is -2.53. The van der Waals surface area contributed by atoms with Crippen LogP contribution in [0.15, 0.2) is 36.4 Å². The fraction of sp³-hybridized carbons (Fsp3) is 0.381. The third kappa shape index (κ3) is 3.49. The first kappa shape index (κ1) is 18.1. The molecular formula is C21H22ClNO4. The minimum Gasteiger partial charge on any atom is -0.493 e. The molecule has 0 spiro atoms. The van der Waals surface area contributed by atoms with Crippen LogP contribution in [0.25, 0.3) is 0 Å². The number of methoxy groups -OCH3 is 1. The maximum atomic E-state index is 12.6. The van der Waals surface area contributed by atoms with Crippen molar-refractivity contribution in [1.29, 1.82) is 0 Å². The van der Waals surface area contributed by atoms with Crippen molar-refractivity contribution in [3.05, 3.63) is 58.1 Å². The second kappa shape index (κ2) is 6.73. The fourth-order valence-corrected chi connectivity index (χ4v) is 3.93. The zero-order valence-corrected chi connectivity index (χ0v) is 16.1. The van der Waals surface area contributed by atoms with Crippen molar-refractivity contribution < 1.29 is 19.4 Å². The maximum Gasteiger partial charge on any atom is 0.254 e. The number of nitrogens with zero attached hydrogens (tertiary/aromatic N) is 1. The minimum absolute atomic E-state index is 0.0901. The fourth-order valence-electron chi connectivity index (χ4n) is 3.80. The van der Waals surface area contributed by atoms with E-state index in [4.69, 9.17) is 21.1 Å². The lowest BCUT2D eigenvalue weighted by Gasteiger charge is -2.36. The summed E-state index contributed by atoms with van der Waals surface area (Å²) in [6.07, 6.45) is 0.991. The molecule has 1 atom stereocenters. The van der Waals surface area contributed by atoms with E-state index in [-0.39, 0.29) is 5.91 Å². The molecule has 2 aliphatic heterocycles. The summed E-state index contributed by atoms with van der Waals surface area (Å²) < 4.78 is 11.8. The van der Waals surface area contributed by atoms with Gasteiger partial charge in [0.25, 0.3) is 5.91 Å². The van der Waals surface area contributed by atoms with Gasteiger partial charge in [0.2, 0.25) is 0 Å².